The van der Waals surface area contributed by atoms with Crippen molar-refractivity contribution in [2.45, 2.75) is 20.0 Å². The van der Waals surface area contributed by atoms with Crippen LogP contribution in [0.2, 0.25) is 0 Å². The molecule has 0 aliphatic rings. The molecule has 0 aromatic heterocycles. The largest absolute Gasteiger partial charge is 0.493 e. The van der Waals surface area contributed by atoms with Crippen molar-refractivity contribution >= 4 is 0 Å². The van der Waals surface area contributed by atoms with Gasteiger partial charge >= 0.3 is 0 Å². The van der Waals surface area contributed by atoms with Gasteiger partial charge in [0.2, 0.25) is 0 Å². The van der Waals surface area contributed by atoms with E-state index in [0.717, 1.165) is 5.56 Å². The van der Waals surface area contributed by atoms with Crippen LogP contribution in [-0.4, -0.2) is 18.8 Å². The van der Waals surface area contributed by atoms with E-state index in [1.807, 2.05) is 19.1 Å². The normalized spacial score (nSPS) is 12.3. The quantitative estimate of drug-likeness (QED) is 0.801. The van der Waals surface area contributed by atoms with Crippen molar-refractivity contribution in [1.29, 1.82) is 0 Å². The summed E-state index contributed by atoms with van der Waals surface area (Å²) in [6.07, 6.45) is -0.487. The topological polar surface area (TPSA) is 38.7 Å². The summed E-state index contributed by atoms with van der Waals surface area (Å²) >= 11 is 0. The Kier molecular flexibility index (Phi) is 3.77. The first-order valence-corrected chi connectivity index (χ1v) is 4.67. The lowest BCUT2D eigenvalue weighted by Crippen LogP contribution is -1.97. The molecule has 0 amide bonds. The lowest BCUT2D eigenvalue weighted by Gasteiger charge is -2.11. The number of benzene rings is 1. The van der Waals surface area contributed by atoms with Gasteiger partial charge < -0.3 is 14.6 Å². The highest BCUT2D eigenvalue weighted by molar-refractivity contribution is 5.43. The van der Waals surface area contributed by atoms with E-state index in [1.54, 1.807) is 20.1 Å². The number of hydrogen-bond donors (Lipinski definition) is 1. The Balaban J connectivity index is 2.98. The maximum atomic E-state index is 9.37. The van der Waals surface area contributed by atoms with E-state index in [9.17, 15) is 5.11 Å². The molecule has 1 atom stereocenters. The Hall–Kier alpha value is -1.22. The number of aliphatic hydroxyl groups excluding tert-OH is 1. The number of hydrogen-bond acceptors (Lipinski definition) is 3. The molecule has 3 nitrogen and oxygen atoms in total. The van der Waals surface area contributed by atoms with Gasteiger partial charge in [-0.2, -0.15) is 0 Å². The molecule has 78 valence electrons. The summed E-state index contributed by atoms with van der Waals surface area (Å²) in [5.74, 6) is 1.37. The van der Waals surface area contributed by atoms with Gasteiger partial charge in [-0.05, 0) is 31.5 Å². The minimum atomic E-state index is -0.487. The zero-order valence-corrected chi connectivity index (χ0v) is 8.78. The second-order valence-corrected chi connectivity index (χ2v) is 3.02. The molecule has 0 unspecified atom stereocenters. The van der Waals surface area contributed by atoms with Gasteiger partial charge in [-0.1, -0.05) is 6.07 Å². The smallest absolute Gasteiger partial charge is 0.161 e. The summed E-state index contributed by atoms with van der Waals surface area (Å²) in [5.41, 5.74) is 0.824. The van der Waals surface area contributed by atoms with Gasteiger partial charge in [0, 0.05) is 0 Å². The number of rotatable bonds is 4. The van der Waals surface area contributed by atoms with Crippen molar-refractivity contribution < 1.29 is 14.6 Å². The van der Waals surface area contributed by atoms with E-state index in [4.69, 9.17) is 9.47 Å². The number of aliphatic hydroxyl groups is 1. The van der Waals surface area contributed by atoms with Gasteiger partial charge in [-0.25, -0.2) is 0 Å². The van der Waals surface area contributed by atoms with Crippen LogP contribution in [0.3, 0.4) is 0 Å². The molecule has 0 aliphatic heterocycles. The Morgan fingerprint density at radius 1 is 1.36 bits per heavy atom. The Labute approximate surface area is 84.3 Å². The maximum Gasteiger partial charge on any atom is 0.161 e. The summed E-state index contributed by atoms with van der Waals surface area (Å²) in [6, 6.07) is 5.43. The van der Waals surface area contributed by atoms with Crippen LogP contribution in [0.5, 0.6) is 11.5 Å². The van der Waals surface area contributed by atoms with Gasteiger partial charge in [-0.15, -0.1) is 0 Å². The van der Waals surface area contributed by atoms with Crippen molar-refractivity contribution in [3.63, 3.8) is 0 Å². The zero-order chi connectivity index (χ0) is 10.6. The highest BCUT2D eigenvalue weighted by Crippen LogP contribution is 2.30. The summed E-state index contributed by atoms with van der Waals surface area (Å²) < 4.78 is 10.5. The zero-order valence-electron chi connectivity index (χ0n) is 8.78. The molecule has 1 aromatic carbocycles. The minimum Gasteiger partial charge on any atom is -0.493 e. The van der Waals surface area contributed by atoms with Crippen molar-refractivity contribution in [2.24, 2.45) is 0 Å². The monoisotopic (exact) mass is 196 g/mol. The third-order valence-electron chi connectivity index (χ3n) is 1.97. The third kappa shape index (κ3) is 2.39. The van der Waals surface area contributed by atoms with Gasteiger partial charge in [0.15, 0.2) is 11.5 Å². The van der Waals surface area contributed by atoms with E-state index < -0.39 is 6.10 Å². The number of methoxy groups -OCH3 is 1. The van der Waals surface area contributed by atoms with E-state index >= 15 is 0 Å². The highest BCUT2D eigenvalue weighted by atomic mass is 16.5. The second kappa shape index (κ2) is 4.86. The fraction of sp³-hybridized carbons (Fsp3) is 0.455. The van der Waals surface area contributed by atoms with Crippen LogP contribution in [0.4, 0.5) is 0 Å². The second-order valence-electron chi connectivity index (χ2n) is 3.02. The Bertz CT molecular complexity index is 295. The molecule has 3 heteroatoms. The molecule has 0 heterocycles. The highest BCUT2D eigenvalue weighted by Gasteiger charge is 2.07. The van der Waals surface area contributed by atoms with E-state index in [1.165, 1.54) is 0 Å². The van der Waals surface area contributed by atoms with E-state index in [-0.39, 0.29) is 0 Å². The first-order valence-electron chi connectivity index (χ1n) is 4.67. The van der Waals surface area contributed by atoms with Crippen LogP contribution in [0.25, 0.3) is 0 Å². The molecule has 1 rings (SSSR count). The average Bonchev–Trinajstić information content (AvgIpc) is 2.18. The maximum absolute atomic E-state index is 9.37. The molecule has 0 saturated carbocycles. The van der Waals surface area contributed by atoms with Crippen LogP contribution in [0, 0.1) is 0 Å². The van der Waals surface area contributed by atoms with Crippen LogP contribution in [0.15, 0.2) is 18.2 Å². The molecule has 0 aliphatic carbocycles. The fourth-order valence-corrected chi connectivity index (χ4v) is 1.22. The summed E-state index contributed by atoms with van der Waals surface area (Å²) in [6.45, 7) is 4.24. The van der Waals surface area contributed by atoms with Crippen molar-refractivity contribution in [2.75, 3.05) is 13.7 Å². The van der Waals surface area contributed by atoms with Crippen molar-refractivity contribution in [3.8, 4) is 11.5 Å². The molecule has 0 radical (unpaired) electrons. The lowest BCUT2D eigenvalue weighted by atomic mass is 10.1. The predicted molar refractivity (Wildman–Crippen MR) is 54.8 cm³/mol. The first kappa shape index (κ1) is 10.9. The molecule has 1 N–H and O–H groups in total. The summed E-state index contributed by atoms with van der Waals surface area (Å²) in [4.78, 5) is 0. The first-order chi connectivity index (χ1) is 6.69. The standard InChI is InChI=1S/C11H16O3/c1-4-14-10-6-5-9(8(2)12)7-11(10)13-3/h5-8,12H,4H2,1-3H3/t8-/m0/s1. The molecule has 0 spiro atoms. The van der Waals surface area contributed by atoms with Gasteiger partial charge in [0.1, 0.15) is 0 Å². The molecular formula is C11H16O3. The van der Waals surface area contributed by atoms with Crippen LogP contribution >= 0.6 is 0 Å². The summed E-state index contributed by atoms with van der Waals surface area (Å²) in [7, 11) is 1.59. The Morgan fingerprint density at radius 3 is 2.57 bits per heavy atom. The molecule has 0 saturated heterocycles. The van der Waals surface area contributed by atoms with E-state index in [2.05, 4.69) is 0 Å². The SMILES string of the molecule is CCOc1ccc([C@H](C)O)cc1OC. The summed E-state index contributed by atoms with van der Waals surface area (Å²) in [5, 5.41) is 9.37. The van der Waals surface area contributed by atoms with Gasteiger partial charge in [0.05, 0.1) is 19.8 Å². The van der Waals surface area contributed by atoms with Crippen LogP contribution < -0.4 is 9.47 Å². The molecular weight excluding hydrogens is 180 g/mol. The third-order valence-corrected chi connectivity index (χ3v) is 1.97. The minimum absolute atomic E-state index is 0.487. The van der Waals surface area contributed by atoms with Crippen LogP contribution in [0.1, 0.15) is 25.5 Å². The lowest BCUT2D eigenvalue weighted by molar-refractivity contribution is 0.198. The van der Waals surface area contributed by atoms with Gasteiger partial charge in [0.25, 0.3) is 0 Å². The molecule has 0 bridgehead atoms. The average molecular weight is 196 g/mol. The Morgan fingerprint density at radius 2 is 2.07 bits per heavy atom. The molecule has 14 heavy (non-hydrogen) atoms. The van der Waals surface area contributed by atoms with E-state index in [0.29, 0.717) is 18.1 Å². The van der Waals surface area contributed by atoms with Crippen molar-refractivity contribution in [3.05, 3.63) is 23.8 Å². The van der Waals surface area contributed by atoms with Crippen molar-refractivity contribution in [1.82, 2.24) is 0 Å². The van der Waals surface area contributed by atoms with Gasteiger partial charge in [-0.3, -0.25) is 0 Å². The molecule has 0 fully saturated rings. The predicted octanol–water partition coefficient (Wildman–Crippen LogP) is 2.15. The number of ether oxygens (including phenoxy) is 2. The molecule has 1 aromatic rings. The fourth-order valence-electron chi connectivity index (χ4n) is 1.22. The van der Waals surface area contributed by atoms with Crippen LogP contribution in [-0.2, 0) is 0 Å².